The number of ether oxygens (including phenoxy) is 1. The molecule has 1 N–H and O–H groups in total. The van der Waals surface area contributed by atoms with Crippen LogP contribution in [0.1, 0.15) is 16.1 Å². The highest BCUT2D eigenvalue weighted by molar-refractivity contribution is 5.92. The average Bonchev–Trinajstić information content (AvgIpc) is 3.25. The molecule has 1 amide bonds. The summed E-state index contributed by atoms with van der Waals surface area (Å²) in [7, 11) is 0. The second kappa shape index (κ2) is 6.18. The number of likely N-dealkylation sites (tertiary alicyclic amines) is 1. The van der Waals surface area contributed by atoms with E-state index in [1.165, 1.54) is 5.56 Å². The van der Waals surface area contributed by atoms with Gasteiger partial charge in [0.1, 0.15) is 5.69 Å². The van der Waals surface area contributed by atoms with Crippen LogP contribution in [0, 0.1) is 0 Å². The third kappa shape index (κ3) is 2.90. The van der Waals surface area contributed by atoms with Gasteiger partial charge in [-0.05, 0) is 17.7 Å². The number of carbonyl (C=O) groups excluding carboxylic acids is 1. The van der Waals surface area contributed by atoms with E-state index in [4.69, 9.17) is 4.74 Å². The molecular formula is C18H21N3O2. The number of amides is 1. The van der Waals surface area contributed by atoms with Gasteiger partial charge in [0.15, 0.2) is 0 Å². The summed E-state index contributed by atoms with van der Waals surface area (Å²) in [6, 6.07) is 14.5. The molecule has 5 nitrogen and oxygen atoms in total. The largest absolute Gasteiger partial charge is 0.373 e. The molecule has 5 heteroatoms. The van der Waals surface area contributed by atoms with E-state index in [2.05, 4.69) is 34.1 Å². The number of carbonyl (C=O) groups is 1. The van der Waals surface area contributed by atoms with E-state index in [0.717, 1.165) is 26.2 Å². The molecule has 23 heavy (non-hydrogen) atoms. The van der Waals surface area contributed by atoms with E-state index in [9.17, 15) is 4.79 Å². The summed E-state index contributed by atoms with van der Waals surface area (Å²) in [6.07, 6.45) is 1.90. The second-order valence-electron chi connectivity index (χ2n) is 6.23. The molecule has 0 radical (unpaired) electrons. The number of aromatic amines is 1. The van der Waals surface area contributed by atoms with Crippen molar-refractivity contribution in [3.05, 3.63) is 59.9 Å². The topological polar surface area (TPSA) is 48.6 Å². The van der Waals surface area contributed by atoms with Crippen LogP contribution in [-0.2, 0) is 11.3 Å². The van der Waals surface area contributed by atoms with Gasteiger partial charge in [-0.25, -0.2) is 0 Å². The molecule has 3 heterocycles. The third-order valence-corrected chi connectivity index (χ3v) is 4.76. The minimum absolute atomic E-state index is 0.0626. The van der Waals surface area contributed by atoms with Crippen LogP contribution in [0.2, 0.25) is 0 Å². The van der Waals surface area contributed by atoms with Crippen LogP contribution in [0.25, 0.3) is 0 Å². The highest BCUT2D eigenvalue weighted by Crippen LogP contribution is 2.25. The van der Waals surface area contributed by atoms with Crippen molar-refractivity contribution >= 4 is 5.91 Å². The zero-order chi connectivity index (χ0) is 15.6. The second-order valence-corrected chi connectivity index (χ2v) is 6.23. The number of nitrogens with zero attached hydrogens (tertiary/aromatic N) is 2. The third-order valence-electron chi connectivity index (χ3n) is 4.76. The molecule has 2 atom stereocenters. The van der Waals surface area contributed by atoms with E-state index in [-0.39, 0.29) is 18.1 Å². The summed E-state index contributed by atoms with van der Waals surface area (Å²) in [5, 5.41) is 0. The Hall–Kier alpha value is -2.11. The van der Waals surface area contributed by atoms with Crippen molar-refractivity contribution in [2.45, 2.75) is 18.7 Å². The normalized spacial score (nSPS) is 24.6. The van der Waals surface area contributed by atoms with Crippen LogP contribution in [0.3, 0.4) is 0 Å². The number of hydrogen-bond donors (Lipinski definition) is 1. The van der Waals surface area contributed by atoms with E-state index in [0.29, 0.717) is 12.2 Å². The van der Waals surface area contributed by atoms with Crippen LogP contribution < -0.4 is 0 Å². The molecule has 0 unspecified atom stereocenters. The summed E-state index contributed by atoms with van der Waals surface area (Å²) >= 11 is 0. The molecule has 2 fully saturated rings. The van der Waals surface area contributed by atoms with Gasteiger partial charge < -0.3 is 14.6 Å². The molecule has 0 spiro atoms. The Morgan fingerprint density at radius 2 is 2.04 bits per heavy atom. The zero-order valence-corrected chi connectivity index (χ0v) is 13.0. The minimum atomic E-state index is 0.0626. The van der Waals surface area contributed by atoms with E-state index >= 15 is 0 Å². The fourth-order valence-electron chi connectivity index (χ4n) is 3.57. The summed E-state index contributed by atoms with van der Waals surface area (Å²) in [5.41, 5.74) is 1.96. The summed E-state index contributed by atoms with van der Waals surface area (Å²) in [4.78, 5) is 19.9. The maximum absolute atomic E-state index is 12.5. The smallest absolute Gasteiger partial charge is 0.270 e. The van der Waals surface area contributed by atoms with Gasteiger partial charge in [-0.15, -0.1) is 0 Å². The van der Waals surface area contributed by atoms with Gasteiger partial charge >= 0.3 is 0 Å². The maximum Gasteiger partial charge on any atom is 0.270 e. The number of fused-ring (bicyclic) bond motifs is 1. The van der Waals surface area contributed by atoms with Gasteiger partial charge in [0.25, 0.3) is 5.91 Å². The number of H-pyrrole nitrogens is 1. The van der Waals surface area contributed by atoms with Gasteiger partial charge in [0.2, 0.25) is 0 Å². The molecule has 2 aromatic rings. The highest BCUT2D eigenvalue weighted by atomic mass is 16.5. The highest BCUT2D eigenvalue weighted by Gasteiger charge is 2.41. The van der Waals surface area contributed by atoms with Gasteiger partial charge in [0, 0.05) is 32.4 Å². The number of rotatable bonds is 3. The Morgan fingerprint density at radius 1 is 1.17 bits per heavy atom. The van der Waals surface area contributed by atoms with Crippen molar-refractivity contribution in [1.29, 1.82) is 0 Å². The first-order chi connectivity index (χ1) is 11.3. The Bertz CT molecular complexity index is 656. The molecule has 2 aliphatic heterocycles. The van der Waals surface area contributed by atoms with Crippen molar-refractivity contribution in [3.8, 4) is 0 Å². The van der Waals surface area contributed by atoms with Crippen molar-refractivity contribution in [1.82, 2.24) is 14.8 Å². The molecular weight excluding hydrogens is 290 g/mol. The standard InChI is InChI=1S/C18H21N3O2/c22-18(15-7-4-8-19-15)21-12-16-17(13-21)23-10-9-20(16)11-14-5-2-1-3-6-14/h1-8,16-17,19H,9-13H2/t16-,17-/m1/s1. The van der Waals surface area contributed by atoms with Crippen LogP contribution in [0.4, 0.5) is 0 Å². The first-order valence-corrected chi connectivity index (χ1v) is 8.13. The fourth-order valence-corrected chi connectivity index (χ4v) is 3.57. The number of morpholine rings is 1. The van der Waals surface area contributed by atoms with E-state index in [1.807, 2.05) is 23.1 Å². The molecule has 1 aromatic heterocycles. The lowest BCUT2D eigenvalue weighted by atomic mass is 10.1. The van der Waals surface area contributed by atoms with Crippen molar-refractivity contribution in [2.24, 2.45) is 0 Å². The Balaban J connectivity index is 1.47. The lowest BCUT2D eigenvalue weighted by Crippen LogP contribution is -2.50. The quantitative estimate of drug-likeness (QED) is 0.939. The van der Waals surface area contributed by atoms with Crippen LogP contribution in [-0.4, -0.2) is 59.1 Å². The van der Waals surface area contributed by atoms with Crippen LogP contribution in [0.5, 0.6) is 0 Å². The predicted molar refractivity (Wildman–Crippen MR) is 87.1 cm³/mol. The van der Waals surface area contributed by atoms with Crippen LogP contribution in [0.15, 0.2) is 48.7 Å². The van der Waals surface area contributed by atoms with E-state index < -0.39 is 0 Å². The first-order valence-electron chi connectivity index (χ1n) is 8.13. The Kier molecular flexibility index (Phi) is 3.89. The number of aromatic nitrogens is 1. The number of hydrogen-bond acceptors (Lipinski definition) is 3. The van der Waals surface area contributed by atoms with Gasteiger partial charge in [0.05, 0.1) is 18.8 Å². The van der Waals surface area contributed by atoms with Crippen molar-refractivity contribution < 1.29 is 9.53 Å². The maximum atomic E-state index is 12.5. The predicted octanol–water partition coefficient (Wildman–Crippen LogP) is 1.74. The van der Waals surface area contributed by atoms with Crippen molar-refractivity contribution in [3.63, 3.8) is 0 Å². The number of benzene rings is 1. The zero-order valence-electron chi connectivity index (χ0n) is 13.0. The molecule has 0 saturated carbocycles. The molecule has 120 valence electrons. The summed E-state index contributed by atoms with van der Waals surface area (Å²) in [6.45, 7) is 3.97. The van der Waals surface area contributed by atoms with Gasteiger partial charge in [-0.1, -0.05) is 30.3 Å². The minimum Gasteiger partial charge on any atom is -0.373 e. The van der Waals surface area contributed by atoms with Crippen molar-refractivity contribution in [2.75, 3.05) is 26.2 Å². The summed E-state index contributed by atoms with van der Waals surface area (Å²) in [5.74, 6) is 0.0626. The van der Waals surface area contributed by atoms with E-state index in [1.54, 1.807) is 6.20 Å². The lowest BCUT2D eigenvalue weighted by Gasteiger charge is -2.36. The van der Waals surface area contributed by atoms with Gasteiger partial charge in [-0.3, -0.25) is 9.69 Å². The Morgan fingerprint density at radius 3 is 2.83 bits per heavy atom. The van der Waals surface area contributed by atoms with Crippen LogP contribution >= 0.6 is 0 Å². The van der Waals surface area contributed by atoms with Gasteiger partial charge in [-0.2, -0.15) is 0 Å². The average molecular weight is 311 g/mol. The lowest BCUT2D eigenvalue weighted by molar-refractivity contribution is -0.0503. The molecule has 2 saturated heterocycles. The molecule has 1 aromatic carbocycles. The molecule has 2 aliphatic rings. The molecule has 4 rings (SSSR count). The molecule has 0 bridgehead atoms. The Labute approximate surface area is 135 Å². The molecule has 0 aliphatic carbocycles. The summed E-state index contributed by atoms with van der Waals surface area (Å²) < 4.78 is 5.92. The number of nitrogens with one attached hydrogen (secondary N) is 1. The first kappa shape index (κ1) is 14.5. The SMILES string of the molecule is O=C(c1ccc[nH]1)N1C[C@@H]2[C@@H](C1)OCCN2Cc1ccccc1. The monoisotopic (exact) mass is 311 g/mol. The fraction of sp³-hybridized carbons (Fsp3) is 0.389.